The second kappa shape index (κ2) is 4.62. The first kappa shape index (κ1) is 13.3. The van der Waals surface area contributed by atoms with E-state index in [2.05, 4.69) is 19.7 Å². The van der Waals surface area contributed by atoms with Crippen LogP contribution in [0.3, 0.4) is 0 Å². The number of hydrogen-bond donors (Lipinski definition) is 3. The lowest BCUT2D eigenvalue weighted by Crippen LogP contribution is -2.33. The molecule has 1 aromatic heterocycles. The van der Waals surface area contributed by atoms with E-state index >= 15 is 0 Å². The van der Waals surface area contributed by atoms with Crippen LogP contribution in [0.2, 0.25) is 0 Å². The molecule has 9 heteroatoms. The fourth-order valence-electron chi connectivity index (χ4n) is 1.03. The highest BCUT2D eigenvalue weighted by Crippen LogP contribution is 2.20. The van der Waals surface area contributed by atoms with Crippen LogP contribution in [0.1, 0.15) is 12.6 Å². The number of methoxy groups -OCH3 is 1. The topological polar surface area (TPSA) is 127 Å². The lowest BCUT2D eigenvalue weighted by molar-refractivity contribution is -0.139. The Balaban J connectivity index is 2.94. The summed E-state index contributed by atoms with van der Waals surface area (Å²) in [6.45, 7) is 2.85. The van der Waals surface area contributed by atoms with Crippen LogP contribution in [-0.2, 0) is 19.6 Å². The highest BCUT2D eigenvalue weighted by atomic mass is 32.2. The molecule has 1 aromatic rings. The maximum atomic E-state index is 11.7. The van der Waals surface area contributed by atoms with E-state index in [9.17, 15) is 13.2 Å². The highest BCUT2D eigenvalue weighted by molar-refractivity contribution is 7.94. The Hall–Kier alpha value is -1.77. The number of aryl methyl sites for hydroxylation is 1. The zero-order chi connectivity index (χ0) is 13.2. The van der Waals surface area contributed by atoms with Gasteiger partial charge in [-0.3, -0.25) is 14.6 Å². The van der Waals surface area contributed by atoms with Crippen molar-refractivity contribution < 1.29 is 17.9 Å². The van der Waals surface area contributed by atoms with Gasteiger partial charge in [0.15, 0.2) is 11.1 Å². The lowest BCUT2D eigenvalue weighted by atomic mass is 10.4. The van der Waals surface area contributed by atoms with Gasteiger partial charge in [0.25, 0.3) is 0 Å². The van der Waals surface area contributed by atoms with E-state index in [-0.39, 0.29) is 11.5 Å². The third kappa shape index (κ3) is 2.67. The number of esters is 1. The van der Waals surface area contributed by atoms with E-state index in [0.717, 1.165) is 7.11 Å². The van der Waals surface area contributed by atoms with Crippen molar-refractivity contribution in [1.82, 2.24) is 10.2 Å². The molecule has 0 aliphatic carbocycles. The minimum absolute atomic E-state index is 0.0294. The number of anilines is 2. The maximum absolute atomic E-state index is 11.7. The molecule has 1 heterocycles. The van der Waals surface area contributed by atoms with Crippen LogP contribution in [0.25, 0.3) is 0 Å². The summed E-state index contributed by atoms with van der Waals surface area (Å²) in [5.74, 6) is -0.887. The van der Waals surface area contributed by atoms with Crippen LogP contribution in [-0.4, -0.2) is 36.9 Å². The summed E-state index contributed by atoms with van der Waals surface area (Å²) in [5.41, 5.74) is 6.30. The van der Waals surface area contributed by atoms with Gasteiger partial charge in [-0.15, -0.1) is 0 Å². The first-order chi connectivity index (χ1) is 7.79. The molecule has 0 aliphatic heterocycles. The molecule has 0 radical (unpaired) electrons. The highest BCUT2D eigenvalue weighted by Gasteiger charge is 2.30. The predicted octanol–water partition coefficient (Wildman–Crippen LogP) is -0.396. The molecular weight excluding hydrogens is 248 g/mol. The summed E-state index contributed by atoms with van der Waals surface area (Å²) in [4.78, 5) is 11.1. The Morgan fingerprint density at radius 2 is 2.18 bits per heavy atom. The van der Waals surface area contributed by atoms with Crippen LogP contribution in [0, 0.1) is 6.92 Å². The molecule has 96 valence electrons. The number of nitrogens with zero attached hydrogens (tertiary/aromatic N) is 1. The molecule has 1 rings (SSSR count). The molecule has 0 saturated heterocycles. The molecule has 4 N–H and O–H groups in total. The summed E-state index contributed by atoms with van der Waals surface area (Å²) < 4.78 is 30.0. The fourth-order valence-corrected chi connectivity index (χ4v) is 1.98. The number of sulfonamides is 1. The number of hydrogen-bond acceptors (Lipinski definition) is 6. The van der Waals surface area contributed by atoms with E-state index in [0.29, 0.717) is 5.69 Å². The molecule has 0 aromatic carbocycles. The lowest BCUT2D eigenvalue weighted by Gasteiger charge is -2.11. The van der Waals surface area contributed by atoms with Gasteiger partial charge >= 0.3 is 5.97 Å². The Kier molecular flexibility index (Phi) is 3.61. The second-order valence-corrected chi connectivity index (χ2v) is 5.42. The SMILES string of the molecule is COC(=O)C(C)S(=O)(=O)Nc1n[nH]c(C)c1N. The number of carbonyl (C=O) groups is 1. The van der Waals surface area contributed by atoms with Crippen LogP contribution in [0.4, 0.5) is 11.5 Å². The first-order valence-corrected chi connectivity index (χ1v) is 6.24. The van der Waals surface area contributed by atoms with Gasteiger partial charge in [0.2, 0.25) is 10.0 Å². The molecule has 17 heavy (non-hydrogen) atoms. The smallest absolute Gasteiger partial charge is 0.325 e. The fraction of sp³-hybridized carbons (Fsp3) is 0.500. The first-order valence-electron chi connectivity index (χ1n) is 4.69. The van der Waals surface area contributed by atoms with E-state index in [4.69, 9.17) is 5.73 Å². The standard InChI is InChI=1S/C8H14N4O4S/c1-4-6(9)7(11-10-4)12-17(14,15)5(2)8(13)16-3/h5H,9H2,1-3H3,(H2,10,11,12). The van der Waals surface area contributed by atoms with Crippen LogP contribution < -0.4 is 10.5 Å². The van der Waals surface area contributed by atoms with Crippen molar-refractivity contribution in [2.75, 3.05) is 17.6 Å². The van der Waals surface area contributed by atoms with Crippen molar-refractivity contribution in [3.8, 4) is 0 Å². The maximum Gasteiger partial charge on any atom is 0.325 e. The van der Waals surface area contributed by atoms with Crippen LogP contribution in [0.5, 0.6) is 0 Å². The van der Waals surface area contributed by atoms with Crippen molar-refractivity contribution in [2.24, 2.45) is 0 Å². The Bertz CT molecular complexity index is 522. The minimum Gasteiger partial charge on any atom is -0.468 e. The zero-order valence-electron chi connectivity index (χ0n) is 9.64. The number of aromatic amines is 1. The molecule has 0 amide bonds. The number of nitrogen functional groups attached to an aromatic ring is 1. The molecule has 1 unspecified atom stereocenters. The van der Waals surface area contributed by atoms with Crippen molar-refractivity contribution in [1.29, 1.82) is 0 Å². The largest absolute Gasteiger partial charge is 0.468 e. The molecule has 0 saturated carbocycles. The molecular formula is C8H14N4O4S. The molecule has 1 atom stereocenters. The van der Waals surface area contributed by atoms with Gasteiger partial charge < -0.3 is 10.5 Å². The molecule has 0 bridgehead atoms. The third-order valence-electron chi connectivity index (χ3n) is 2.23. The van der Waals surface area contributed by atoms with E-state index in [1.165, 1.54) is 6.92 Å². The summed E-state index contributed by atoms with van der Waals surface area (Å²) in [7, 11) is -2.81. The number of nitrogens with two attached hydrogens (primary N) is 1. The van der Waals surface area contributed by atoms with E-state index < -0.39 is 21.2 Å². The van der Waals surface area contributed by atoms with Gasteiger partial charge in [-0.2, -0.15) is 5.10 Å². The Labute approximate surface area is 98.6 Å². The number of nitrogens with one attached hydrogen (secondary N) is 2. The normalized spacial score (nSPS) is 13.1. The number of aromatic nitrogens is 2. The predicted molar refractivity (Wildman–Crippen MR) is 61.8 cm³/mol. The van der Waals surface area contributed by atoms with Gasteiger partial charge in [-0.1, -0.05) is 0 Å². The number of H-pyrrole nitrogens is 1. The molecule has 0 fully saturated rings. The second-order valence-electron chi connectivity index (χ2n) is 3.42. The van der Waals surface area contributed by atoms with Gasteiger partial charge in [0, 0.05) is 0 Å². The van der Waals surface area contributed by atoms with Crippen molar-refractivity contribution in [2.45, 2.75) is 19.1 Å². The summed E-state index contributed by atoms with van der Waals surface area (Å²) >= 11 is 0. The van der Waals surface area contributed by atoms with Crippen LogP contribution >= 0.6 is 0 Å². The monoisotopic (exact) mass is 262 g/mol. The van der Waals surface area contributed by atoms with Crippen LogP contribution in [0.15, 0.2) is 0 Å². The van der Waals surface area contributed by atoms with Gasteiger partial charge in [-0.05, 0) is 13.8 Å². The van der Waals surface area contributed by atoms with Gasteiger partial charge in [0.1, 0.15) is 0 Å². The Morgan fingerprint density at radius 1 is 1.59 bits per heavy atom. The molecule has 0 spiro atoms. The zero-order valence-corrected chi connectivity index (χ0v) is 10.5. The van der Waals surface area contributed by atoms with E-state index in [1.807, 2.05) is 0 Å². The summed E-state index contributed by atoms with van der Waals surface area (Å²) in [6.07, 6.45) is 0. The Morgan fingerprint density at radius 3 is 2.59 bits per heavy atom. The summed E-state index contributed by atoms with van der Waals surface area (Å²) in [6, 6.07) is 0. The van der Waals surface area contributed by atoms with Crippen molar-refractivity contribution >= 4 is 27.5 Å². The van der Waals surface area contributed by atoms with Gasteiger partial charge in [0.05, 0.1) is 18.5 Å². The average molecular weight is 262 g/mol. The molecule has 0 aliphatic rings. The van der Waals surface area contributed by atoms with Gasteiger partial charge in [-0.25, -0.2) is 8.42 Å². The molecule has 8 nitrogen and oxygen atoms in total. The number of rotatable bonds is 4. The number of carbonyl (C=O) groups excluding carboxylic acids is 1. The van der Waals surface area contributed by atoms with E-state index in [1.54, 1.807) is 6.92 Å². The quantitative estimate of drug-likeness (QED) is 0.634. The summed E-state index contributed by atoms with van der Waals surface area (Å²) in [5, 5.41) is 4.86. The van der Waals surface area contributed by atoms with Crippen molar-refractivity contribution in [3.63, 3.8) is 0 Å². The van der Waals surface area contributed by atoms with Crippen molar-refractivity contribution in [3.05, 3.63) is 5.69 Å². The number of ether oxygens (including phenoxy) is 1. The average Bonchev–Trinajstić information content (AvgIpc) is 2.58. The third-order valence-corrected chi connectivity index (χ3v) is 3.83. The minimum atomic E-state index is -3.92.